The standard InChI is InChI=1S/C23H23F3N2O6/c24-23(25,26)19(11-20(30)27-10-9-18(29)21(31)32)28-22(33)34-12-17-15-7-3-1-5-13(15)14-6-2-4-8-16(14)17/h1-8,17-19,29H,9-12H2,(H,27,30)(H,28,33)(H,31,32)/t18-,19?/m0/s1. The summed E-state index contributed by atoms with van der Waals surface area (Å²) < 4.78 is 45.2. The highest BCUT2D eigenvalue weighted by molar-refractivity contribution is 5.80. The fraction of sp³-hybridized carbons (Fsp3) is 0.348. The smallest absolute Gasteiger partial charge is 0.409 e. The van der Waals surface area contributed by atoms with Crippen molar-refractivity contribution in [2.45, 2.75) is 37.1 Å². The van der Waals surface area contributed by atoms with Crippen LogP contribution in [0, 0.1) is 0 Å². The van der Waals surface area contributed by atoms with Gasteiger partial charge in [0.1, 0.15) is 12.6 Å². The first-order valence-electron chi connectivity index (χ1n) is 10.4. The maximum absolute atomic E-state index is 13.4. The number of benzene rings is 2. The van der Waals surface area contributed by atoms with Crippen molar-refractivity contribution in [3.63, 3.8) is 0 Å². The van der Waals surface area contributed by atoms with Gasteiger partial charge in [-0.15, -0.1) is 0 Å². The van der Waals surface area contributed by atoms with Crippen molar-refractivity contribution >= 4 is 18.0 Å². The van der Waals surface area contributed by atoms with Crippen LogP contribution in [0.25, 0.3) is 11.1 Å². The number of nitrogens with one attached hydrogen (secondary N) is 2. The number of hydrogen-bond donors (Lipinski definition) is 4. The van der Waals surface area contributed by atoms with Crippen LogP contribution in [0.2, 0.25) is 0 Å². The second-order valence-electron chi connectivity index (χ2n) is 7.76. The maximum Gasteiger partial charge on any atom is 0.409 e. The van der Waals surface area contributed by atoms with Crippen LogP contribution in [0.3, 0.4) is 0 Å². The number of fused-ring (bicyclic) bond motifs is 3. The Bertz CT molecular complexity index is 1010. The first-order chi connectivity index (χ1) is 16.1. The lowest BCUT2D eigenvalue weighted by molar-refractivity contribution is -0.160. The molecular weight excluding hydrogens is 457 g/mol. The van der Waals surface area contributed by atoms with E-state index in [2.05, 4.69) is 5.32 Å². The summed E-state index contributed by atoms with van der Waals surface area (Å²) >= 11 is 0. The summed E-state index contributed by atoms with van der Waals surface area (Å²) in [5.41, 5.74) is 3.72. The summed E-state index contributed by atoms with van der Waals surface area (Å²) in [6.07, 6.45) is -9.51. The number of carboxylic acid groups (broad SMARTS) is 1. The molecule has 0 aromatic heterocycles. The van der Waals surface area contributed by atoms with Gasteiger partial charge in [0.2, 0.25) is 5.91 Å². The largest absolute Gasteiger partial charge is 0.479 e. The third-order valence-electron chi connectivity index (χ3n) is 5.45. The van der Waals surface area contributed by atoms with Crippen molar-refractivity contribution in [3.8, 4) is 11.1 Å². The fourth-order valence-electron chi connectivity index (χ4n) is 3.76. The number of aliphatic hydroxyl groups excluding tert-OH is 1. The minimum absolute atomic E-state index is 0.191. The van der Waals surface area contributed by atoms with Crippen molar-refractivity contribution in [3.05, 3.63) is 59.7 Å². The molecule has 0 spiro atoms. The van der Waals surface area contributed by atoms with E-state index in [1.54, 1.807) is 5.32 Å². The van der Waals surface area contributed by atoms with Gasteiger partial charge < -0.3 is 25.6 Å². The second kappa shape index (κ2) is 10.6. The molecule has 0 heterocycles. The second-order valence-corrected chi connectivity index (χ2v) is 7.76. The summed E-state index contributed by atoms with van der Waals surface area (Å²) in [4.78, 5) is 34.5. The molecule has 2 aromatic carbocycles. The van der Waals surface area contributed by atoms with E-state index in [9.17, 15) is 27.6 Å². The number of carboxylic acids is 1. The zero-order valence-electron chi connectivity index (χ0n) is 17.8. The maximum atomic E-state index is 13.4. The van der Waals surface area contributed by atoms with Gasteiger partial charge in [-0.3, -0.25) is 4.79 Å². The molecule has 1 aliphatic carbocycles. The number of halogens is 3. The molecular formula is C23H23F3N2O6. The number of aliphatic carboxylic acids is 1. The molecule has 0 saturated carbocycles. The van der Waals surface area contributed by atoms with Gasteiger partial charge in [-0.25, -0.2) is 9.59 Å². The Morgan fingerprint density at radius 3 is 2.09 bits per heavy atom. The molecule has 0 radical (unpaired) electrons. The van der Waals surface area contributed by atoms with Crippen LogP contribution in [-0.2, 0) is 14.3 Å². The quantitative estimate of drug-likeness (QED) is 0.438. The Kier molecular flexibility index (Phi) is 7.77. The minimum Gasteiger partial charge on any atom is -0.479 e. The predicted molar refractivity (Wildman–Crippen MR) is 114 cm³/mol. The van der Waals surface area contributed by atoms with E-state index in [0.29, 0.717) is 0 Å². The zero-order valence-corrected chi connectivity index (χ0v) is 17.8. The monoisotopic (exact) mass is 480 g/mol. The van der Waals surface area contributed by atoms with Crippen LogP contribution < -0.4 is 10.6 Å². The summed E-state index contributed by atoms with van der Waals surface area (Å²) in [6, 6.07) is 12.4. The fourth-order valence-corrected chi connectivity index (χ4v) is 3.76. The van der Waals surface area contributed by atoms with E-state index < -0.39 is 42.7 Å². The number of carbonyl (C=O) groups is 3. The molecule has 1 aliphatic rings. The number of carbonyl (C=O) groups excluding carboxylic acids is 2. The third-order valence-corrected chi connectivity index (χ3v) is 5.45. The number of ether oxygens (including phenoxy) is 1. The number of rotatable bonds is 9. The molecule has 8 nitrogen and oxygen atoms in total. The minimum atomic E-state index is -4.93. The number of hydrogen-bond acceptors (Lipinski definition) is 5. The third kappa shape index (κ3) is 6.04. The van der Waals surface area contributed by atoms with Crippen LogP contribution >= 0.6 is 0 Å². The van der Waals surface area contributed by atoms with Gasteiger partial charge in [0.25, 0.3) is 0 Å². The Labute approximate surface area is 192 Å². The topological polar surface area (TPSA) is 125 Å². The highest BCUT2D eigenvalue weighted by Gasteiger charge is 2.42. The van der Waals surface area contributed by atoms with Crippen LogP contribution in [0.15, 0.2) is 48.5 Å². The van der Waals surface area contributed by atoms with Gasteiger partial charge >= 0.3 is 18.2 Å². The summed E-state index contributed by atoms with van der Waals surface area (Å²) in [7, 11) is 0. The van der Waals surface area contributed by atoms with E-state index in [0.717, 1.165) is 22.3 Å². The molecule has 0 aliphatic heterocycles. The lowest BCUT2D eigenvalue weighted by atomic mass is 9.98. The van der Waals surface area contributed by atoms with Gasteiger partial charge in [0, 0.05) is 18.9 Å². The molecule has 2 aromatic rings. The van der Waals surface area contributed by atoms with Gasteiger partial charge in [0.15, 0.2) is 6.10 Å². The molecule has 34 heavy (non-hydrogen) atoms. The van der Waals surface area contributed by atoms with Gasteiger partial charge in [-0.05, 0) is 22.3 Å². The molecule has 0 fully saturated rings. The van der Waals surface area contributed by atoms with Crippen LogP contribution in [0.5, 0.6) is 0 Å². The van der Waals surface area contributed by atoms with E-state index in [1.165, 1.54) is 0 Å². The van der Waals surface area contributed by atoms with E-state index >= 15 is 0 Å². The molecule has 182 valence electrons. The highest BCUT2D eigenvalue weighted by atomic mass is 19.4. The van der Waals surface area contributed by atoms with Gasteiger partial charge in [0.05, 0.1) is 6.42 Å². The average molecular weight is 480 g/mol. The predicted octanol–water partition coefficient (Wildman–Crippen LogP) is 2.80. The molecule has 4 N–H and O–H groups in total. The lowest BCUT2D eigenvalue weighted by Gasteiger charge is -2.22. The van der Waals surface area contributed by atoms with Crippen LogP contribution in [-0.4, -0.2) is 59.7 Å². The first kappa shape index (κ1) is 25.0. The molecule has 2 atom stereocenters. The molecule has 11 heteroatoms. The normalized spacial score (nSPS) is 14.5. The molecule has 0 saturated heterocycles. The Morgan fingerprint density at radius 2 is 1.56 bits per heavy atom. The number of alkyl halides is 3. The highest BCUT2D eigenvalue weighted by Crippen LogP contribution is 2.44. The molecule has 2 amide bonds. The average Bonchev–Trinajstić information content (AvgIpc) is 3.10. The van der Waals surface area contributed by atoms with Crippen molar-refractivity contribution in [2.75, 3.05) is 13.2 Å². The van der Waals surface area contributed by atoms with Gasteiger partial charge in [-0.1, -0.05) is 48.5 Å². The van der Waals surface area contributed by atoms with Crippen LogP contribution in [0.4, 0.5) is 18.0 Å². The molecule has 3 rings (SSSR count). The SMILES string of the molecule is O=C(CC(NC(=O)OCC1c2ccccc2-c2ccccc21)C(F)(F)F)NCC[C@H](O)C(=O)O. The number of amides is 2. The van der Waals surface area contributed by atoms with E-state index in [4.69, 9.17) is 14.9 Å². The van der Waals surface area contributed by atoms with Crippen LogP contribution in [0.1, 0.15) is 29.9 Å². The molecule has 1 unspecified atom stereocenters. The Morgan fingerprint density at radius 1 is 1.00 bits per heavy atom. The molecule has 0 bridgehead atoms. The van der Waals surface area contributed by atoms with Crippen molar-refractivity contribution in [1.82, 2.24) is 10.6 Å². The Hall–Kier alpha value is -3.60. The summed E-state index contributed by atoms with van der Waals surface area (Å²) in [6.45, 7) is -0.536. The van der Waals surface area contributed by atoms with E-state index in [1.807, 2.05) is 48.5 Å². The van der Waals surface area contributed by atoms with Gasteiger partial charge in [-0.2, -0.15) is 13.2 Å². The van der Waals surface area contributed by atoms with Crippen molar-refractivity contribution in [1.29, 1.82) is 0 Å². The number of alkyl carbamates (subject to hydrolysis) is 1. The van der Waals surface area contributed by atoms with Crippen molar-refractivity contribution < 1.29 is 42.5 Å². The summed E-state index contributed by atoms with van der Waals surface area (Å²) in [5.74, 6) is -2.93. The first-order valence-corrected chi connectivity index (χ1v) is 10.4. The number of aliphatic hydroxyl groups is 1. The lowest BCUT2D eigenvalue weighted by Crippen LogP contribution is -2.48. The van der Waals surface area contributed by atoms with Crippen molar-refractivity contribution in [2.24, 2.45) is 0 Å². The summed E-state index contributed by atoms with van der Waals surface area (Å²) in [5, 5.41) is 21.5. The Balaban J connectivity index is 1.57. The zero-order chi connectivity index (χ0) is 24.9. The van der Waals surface area contributed by atoms with E-state index in [-0.39, 0.29) is 25.5 Å².